The van der Waals surface area contributed by atoms with Crippen molar-refractivity contribution < 1.29 is 0 Å². The summed E-state index contributed by atoms with van der Waals surface area (Å²) in [5, 5.41) is 12.6. The van der Waals surface area contributed by atoms with Crippen LogP contribution in [0.4, 0.5) is 5.69 Å². The quantitative estimate of drug-likeness (QED) is 0.678. The third-order valence-electron chi connectivity index (χ3n) is 4.01. The Kier molecular flexibility index (Phi) is 6.29. The molecule has 0 unspecified atom stereocenters. The van der Waals surface area contributed by atoms with E-state index in [-0.39, 0.29) is 0 Å². The fourth-order valence-electron chi connectivity index (χ4n) is 2.74. The minimum absolute atomic E-state index is 0.661. The van der Waals surface area contributed by atoms with Crippen LogP contribution in [0.3, 0.4) is 0 Å². The Morgan fingerprint density at radius 1 is 0.846 bits per heavy atom. The van der Waals surface area contributed by atoms with E-state index in [2.05, 4.69) is 26.3 Å². The lowest BCUT2D eigenvalue weighted by Crippen LogP contribution is -2.29. The lowest BCUT2D eigenvalue weighted by molar-refractivity contribution is 0.261. The number of nitrogens with one attached hydrogen (secondary N) is 1. The molecule has 130 valence electrons. The van der Waals surface area contributed by atoms with Gasteiger partial charge in [0.2, 0.25) is 0 Å². The Hall–Kier alpha value is -3.23. The third kappa shape index (κ3) is 5.13. The molecule has 0 saturated carbocycles. The predicted octanol–water partition coefficient (Wildman–Crippen LogP) is 3.46. The highest BCUT2D eigenvalue weighted by Crippen LogP contribution is 2.13. The fraction of sp³-hybridized carbons (Fsp3) is 0.190. The van der Waals surface area contributed by atoms with Crippen LogP contribution in [-0.2, 0) is 13.1 Å². The van der Waals surface area contributed by atoms with Gasteiger partial charge >= 0.3 is 0 Å². The maximum atomic E-state index is 9.20. The summed E-state index contributed by atoms with van der Waals surface area (Å²) in [6, 6.07) is 21.7. The van der Waals surface area contributed by atoms with E-state index in [1.807, 2.05) is 73.1 Å². The van der Waals surface area contributed by atoms with E-state index in [9.17, 15) is 5.26 Å². The minimum atomic E-state index is 0.661. The van der Waals surface area contributed by atoms with Crippen molar-refractivity contribution in [2.24, 2.45) is 0 Å². The van der Waals surface area contributed by atoms with Crippen molar-refractivity contribution in [2.45, 2.75) is 13.1 Å². The van der Waals surface area contributed by atoms with Crippen molar-refractivity contribution in [3.05, 3.63) is 90.0 Å². The van der Waals surface area contributed by atoms with Gasteiger partial charge < -0.3 is 5.32 Å². The molecule has 0 amide bonds. The Labute approximate surface area is 154 Å². The number of nitrogens with zero attached hydrogens (tertiary/aromatic N) is 4. The van der Waals surface area contributed by atoms with Gasteiger partial charge in [-0.15, -0.1) is 0 Å². The summed E-state index contributed by atoms with van der Waals surface area (Å²) in [7, 11) is 0. The Balaban J connectivity index is 1.64. The monoisotopic (exact) mass is 343 g/mol. The van der Waals surface area contributed by atoms with Crippen molar-refractivity contribution in [1.82, 2.24) is 14.9 Å². The lowest BCUT2D eigenvalue weighted by atomic mass is 10.2. The summed E-state index contributed by atoms with van der Waals surface area (Å²) < 4.78 is 0. The van der Waals surface area contributed by atoms with Gasteiger partial charge in [0.15, 0.2) is 0 Å². The molecule has 2 heterocycles. The van der Waals surface area contributed by atoms with Crippen LogP contribution in [0.5, 0.6) is 0 Å². The highest BCUT2D eigenvalue weighted by Gasteiger charge is 2.09. The van der Waals surface area contributed by atoms with E-state index in [0.29, 0.717) is 5.56 Å². The first kappa shape index (κ1) is 17.6. The van der Waals surface area contributed by atoms with E-state index in [0.717, 1.165) is 43.3 Å². The molecule has 0 aliphatic carbocycles. The molecule has 5 nitrogen and oxygen atoms in total. The van der Waals surface area contributed by atoms with Crippen LogP contribution in [-0.4, -0.2) is 28.0 Å². The van der Waals surface area contributed by atoms with Crippen LogP contribution in [0.1, 0.15) is 17.0 Å². The summed E-state index contributed by atoms with van der Waals surface area (Å²) in [5.74, 6) is 0. The largest absolute Gasteiger partial charge is 0.383 e. The molecule has 1 N–H and O–H groups in total. The number of hydrogen-bond acceptors (Lipinski definition) is 5. The molecule has 1 aromatic carbocycles. The first-order valence-corrected chi connectivity index (χ1v) is 8.60. The summed E-state index contributed by atoms with van der Waals surface area (Å²) in [6.07, 6.45) is 3.63. The van der Waals surface area contributed by atoms with Crippen LogP contribution < -0.4 is 5.32 Å². The second-order valence-corrected chi connectivity index (χ2v) is 5.94. The molecule has 5 heteroatoms. The zero-order valence-corrected chi connectivity index (χ0v) is 14.5. The molecular weight excluding hydrogens is 322 g/mol. The zero-order chi connectivity index (χ0) is 18.0. The maximum Gasteiger partial charge on any atom is 0.101 e. The normalized spacial score (nSPS) is 10.5. The SMILES string of the molecule is N#Cc1ccccc1NCCN(Cc1ccccn1)Cc1ccccn1. The maximum absolute atomic E-state index is 9.20. The van der Waals surface area contributed by atoms with Gasteiger partial charge in [-0.05, 0) is 36.4 Å². The predicted molar refractivity (Wildman–Crippen MR) is 102 cm³/mol. The molecule has 0 bridgehead atoms. The van der Waals surface area contributed by atoms with Gasteiger partial charge in [-0.3, -0.25) is 14.9 Å². The summed E-state index contributed by atoms with van der Waals surface area (Å²) in [4.78, 5) is 11.2. The first-order chi connectivity index (χ1) is 12.8. The van der Waals surface area contributed by atoms with Crippen molar-refractivity contribution in [2.75, 3.05) is 18.4 Å². The number of anilines is 1. The van der Waals surface area contributed by atoms with Crippen LogP contribution in [0.25, 0.3) is 0 Å². The van der Waals surface area contributed by atoms with E-state index in [4.69, 9.17) is 0 Å². The van der Waals surface area contributed by atoms with Gasteiger partial charge in [0, 0.05) is 38.6 Å². The average molecular weight is 343 g/mol. The van der Waals surface area contributed by atoms with Gasteiger partial charge in [0.1, 0.15) is 6.07 Å². The summed E-state index contributed by atoms with van der Waals surface area (Å²) in [5.41, 5.74) is 3.58. The molecule has 0 saturated heterocycles. The number of para-hydroxylation sites is 1. The topological polar surface area (TPSA) is 64.8 Å². The Bertz CT molecular complexity index is 802. The number of benzene rings is 1. The van der Waals surface area contributed by atoms with E-state index < -0.39 is 0 Å². The van der Waals surface area contributed by atoms with Crippen LogP contribution in [0, 0.1) is 11.3 Å². The second kappa shape index (κ2) is 9.30. The lowest BCUT2D eigenvalue weighted by Gasteiger charge is -2.22. The summed E-state index contributed by atoms with van der Waals surface area (Å²) in [6.45, 7) is 3.04. The third-order valence-corrected chi connectivity index (χ3v) is 4.01. The minimum Gasteiger partial charge on any atom is -0.383 e. The smallest absolute Gasteiger partial charge is 0.101 e. The van der Waals surface area contributed by atoms with E-state index in [1.165, 1.54) is 0 Å². The van der Waals surface area contributed by atoms with E-state index in [1.54, 1.807) is 0 Å². The molecule has 0 spiro atoms. The molecule has 0 radical (unpaired) electrons. The second-order valence-electron chi connectivity index (χ2n) is 5.94. The molecule has 0 aliphatic rings. The zero-order valence-electron chi connectivity index (χ0n) is 14.5. The van der Waals surface area contributed by atoms with Crippen molar-refractivity contribution in [3.63, 3.8) is 0 Å². The highest BCUT2D eigenvalue weighted by atomic mass is 15.1. The van der Waals surface area contributed by atoms with Crippen molar-refractivity contribution in [3.8, 4) is 6.07 Å². The van der Waals surface area contributed by atoms with Gasteiger partial charge in [0.05, 0.1) is 22.6 Å². The van der Waals surface area contributed by atoms with E-state index >= 15 is 0 Å². The van der Waals surface area contributed by atoms with Crippen molar-refractivity contribution in [1.29, 1.82) is 5.26 Å². The molecule has 0 atom stereocenters. The number of aromatic nitrogens is 2. The van der Waals surface area contributed by atoms with Crippen LogP contribution >= 0.6 is 0 Å². The van der Waals surface area contributed by atoms with Crippen LogP contribution in [0.2, 0.25) is 0 Å². The number of rotatable bonds is 8. The number of hydrogen-bond donors (Lipinski definition) is 1. The Morgan fingerprint density at radius 2 is 1.46 bits per heavy atom. The fourth-order valence-corrected chi connectivity index (χ4v) is 2.74. The first-order valence-electron chi connectivity index (χ1n) is 8.60. The number of nitriles is 1. The molecule has 3 aromatic rings. The molecule has 26 heavy (non-hydrogen) atoms. The molecule has 2 aromatic heterocycles. The van der Waals surface area contributed by atoms with Crippen LogP contribution in [0.15, 0.2) is 73.1 Å². The van der Waals surface area contributed by atoms with Gasteiger partial charge in [0.25, 0.3) is 0 Å². The standard InChI is InChI=1S/C21H21N5/c22-15-18-7-1-2-10-21(18)25-13-14-26(16-19-8-3-5-11-23-19)17-20-9-4-6-12-24-20/h1-12,25H,13-14,16-17H2. The van der Waals surface area contributed by atoms with Gasteiger partial charge in [-0.1, -0.05) is 24.3 Å². The highest BCUT2D eigenvalue weighted by molar-refractivity contribution is 5.57. The van der Waals surface area contributed by atoms with Crippen molar-refractivity contribution >= 4 is 5.69 Å². The van der Waals surface area contributed by atoms with Gasteiger partial charge in [-0.25, -0.2) is 0 Å². The molecular formula is C21H21N5. The molecule has 0 aliphatic heterocycles. The number of pyridine rings is 2. The molecule has 0 fully saturated rings. The average Bonchev–Trinajstić information content (AvgIpc) is 2.70. The summed E-state index contributed by atoms with van der Waals surface area (Å²) >= 11 is 0. The Morgan fingerprint density at radius 3 is 2.04 bits per heavy atom. The molecule has 3 rings (SSSR count). The van der Waals surface area contributed by atoms with Gasteiger partial charge in [-0.2, -0.15) is 5.26 Å².